The van der Waals surface area contributed by atoms with Crippen molar-refractivity contribution in [3.63, 3.8) is 0 Å². The van der Waals surface area contributed by atoms with Gasteiger partial charge in [0.1, 0.15) is 0 Å². The highest BCUT2D eigenvalue weighted by molar-refractivity contribution is 6.50. The molecule has 1 heterocycles. The molecule has 78 valence electrons. The Morgan fingerprint density at radius 1 is 1.27 bits per heavy atom. The molecule has 1 aromatic carbocycles. The molecule has 1 unspecified atom stereocenters. The zero-order chi connectivity index (χ0) is 11.2. The molecule has 0 aromatic heterocycles. The lowest BCUT2D eigenvalue weighted by atomic mass is 9.96. The smallest absolute Gasteiger partial charge is 0.174 e. The molecule has 5 heteroatoms. The summed E-state index contributed by atoms with van der Waals surface area (Å²) >= 11 is 17.7. The van der Waals surface area contributed by atoms with Crippen LogP contribution in [0.4, 0.5) is 5.69 Å². The van der Waals surface area contributed by atoms with Crippen LogP contribution < -0.4 is 0 Å². The number of Topliss-reactive ketones (excluding diaryl/α,β-unsaturated/α-hetero) is 1. The second-order valence-electron chi connectivity index (χ2n) is 3.31. The van der Waals surface area contributed by atoms with Crippen molar-refractivity contribution < 1.29 is 4.79 Å². The quantitative estimate of drug-likeness (QED) is 0.645. The van der Waals surface area contributed by atoms with Gasteiger partial charge in [-0.05, 0) is 6.07 Å². The van der Waals surface area contributed by atoms with Gasteiger partial charge < -0.3 is 0 Å². The summed E-state index contributed by atoms with van der Waals surface area (Å²) in [5.74, 6) is -0.351. The van der Waals surface area contributed by atoms with Gasteiger partial charge in [0, 0.05) is 6.21 Å². The van der Waals surface area contributed by atoms with E-state index in [-0.39, 0.29) is 21.7 Å². The van der Waals surface area contributed by atoms with E-state index < -0.39 is 0 Å². The van der Waals surface area contributed by atoms with Crippen molar-refractivity contribution in [1.82, 2.24) is 0 Å². The van der Waals surface area contributed by atoms with Crippen LogP contribution in [0.3, 0.4) is 0 Å². The molecule has 2 nitrogen and oxygen atoms in total. The van der Waals surface area contributed by atoms with Crippen LogP contribution in [-0.2, 0) is 0 Å². The van der Waals surface area contributed by atoms with Crippen molar-refractivity contribution in [1.29, 1.82) is 0 Å². The summed E-state index contributed by atoms with van der Waals surface area (Å²) < 4.78 is 0. The van der Waals surface area contributed by atoms with Gasteiger partial charge in [-0.1, -0.05) is 41.7 Å². The first kappa shape index (κ1) is 10.9. The maximum Gasteiger partial charge on any atom is 0.174 e. The minimum Gasteiger partial charge on any atom is -0.293 e. The van der Waals surface area contributed by atoms with Gasteiger partial charge >= 0.3 is 0 Å². The lowest BCUT2D eigenvalue weighted by Gasteiger charge is -2.16. The van der Waals surface area contributed by atoms with Gasteiger partial charge in [-0.2, -0.15) is 0 Å². The molecule has 1 aromatic rings. The molecular weight excluding hydrogens is 256 g/mol. The Kier molecular flexibility index (Phi) is 2.75. The van der Waals surface area contributed by atoms with Crippen molar-refractivity contribution >= 4 is 52.5 Å². The van der Waals surface area contributed by atoms with Crippen molar-refractivity contribution in [3.05, 3.63) is 26.7 Å². The van der Waals surface area contributed by atoms with E-state index in [1.165, 1.54) is 0 Å². The van der Waals surface area contributed by atoms with Crippen molar-refractivity contribution in [3.8, 4) is 0 Å². The average Bonchev–Trinajstić information content (AvgIpc) is 2.20. The van der Waals surface area contributed by atoms with Crippen molar-refractivity contribution in [2.45, 2.75) is 6.92 Å². The lowest BCUT2D eigenvalue weighted by Crippen LogP contribution is -2.16. The van der Waals surface area contributed by atoms with E-state index in [0.29, 0.717) is 16.3 Å². The first-order valence-corrected chi connectivity index (χ1v) is 5.41. The van der Waals surface area contributed by atoms with Crippen LogP contribution in [0.1, 0.15) is 17.3 Å². The number of fused-ring (bicyclic) bond motifs is 1. The van der Waals surface area contributed by atoms with Crippen LogP contribution in [0.2, 0.25) is 15.1 Å². The topological polar surface area (TPSA) is 29.4 Å². The Labute approximate surface area is 102 Å². The maximum absolute atomic E-state index is 11.8. The lowest BCUT2D eigenvalue weighted by molar-refractivity contribution is 0.0962. The fraction of sp³-hybridized carbons (Fsp3) is 0.200. The summed E-state index contributed by atoms with van der Waals surface area (Å²) in [7, 11) is 0. The number of carbonyl (C=O) groups excluding carboxylic acids is 1. The molecule has 1 aliphatic heterocycles. The number of rotatable bonds is 0. The SMILES string of the molecule is CC1C=Nc2cc(Cl)c(Cl)c(Cl)c2C1=O. The third kappa shape index (κ3) is 1.67. The van der Waals surface area contributed by atoms with E-state index in [9.17, 15) is 4.79 Å². The molecule has 0 fully saturated rings. The van der Waals surface area contributed by atoms with Gasteiger partial charge in [-0.15, -0.1) is 0 Å². The van der Waals surface area contributed by atoms with Crippen LogP contribution in [0.15, 0.2) is 11.1 Å². The third-order valence-electron chi connectivity index (χ3n) is 2.24. The second kappa shape index (κ2) is 3.78. The fourth-order valence-electron chi connectivity index (χ4n) is 1.41. The summed E-state index contributed by atoms with van der Waals surface area (Å²) in [6.07, 6.45) is 1.57. The van der Waals surface area contributed by atoms with Crippen LogP contribution in [0, 0.1) is 5.92 Å². The van der Waals surface area contributed by atoms with Crippen molar-refractivity contribution in [2.24, 2.45) is 10.9 Å². The Balaban J connectivity index is 2.75. The number of ketones is 1. The molecule has 1 aliphatic rings. The van der Waals surface area contributed by atoms with Gasteiger partial charge in [0.25, 0.3) is 0 Å². The van der Waals surface area contributed by atoms with Gasteiger partial charge in [0.15, 0.2) is 5.78 Å². The first-order valence-electron chi connectivity index (χ1n) is 4.28. The number of hydrogen-bond acceptors (Lipinski definition) is 2. The molecule has 0 aliphatic carbocycles. The Bertz CT molecular complexity index is 482. The van der Waals surface area contributed by atoms with E-state index >= 15 is 0 Å². The molecule has 0 saturated carbocycles. The molecule has 2 rings (SSSR count). The molecule has 0 bridgehead atoms. The Hall–Kier alpha value is -0.570. The largest absolute Gasteiger partial charge is 0.293 e. The number of benzene rings is 1. The second-order valence-corrected chi connectivity index (χ2v) is 4.47. The predicted octanol–water partition coefficient (Wildman–Crippen LogP) is 4.18. The van der Waals surface area contributed by atoms with Gasteiger partial charge in [0.05, 0.1) is 32.2 Å². The minimum atomic E-state index is -0.271. The standard InChI is InChI=1S/C10H6Cl3NO/c1-4-3-14-6-2-5(11)8(12)9(13)7(6)10(4)15/h2-4H,1H3. The molecular formula is C10H6Cl3NO. The predicted molar refractivity (Wildman–Crippen MR) is 63.1 cm³/mol. The van der Waals surface area contributed by atoms with E-state index in [1.54, 1.807) is 19.2 Å². The van der Waals surface area contributed by atoms with Gasteiger partial charge in [0.2, 0.25) is 0 Å². The zero-order valence-electron chi connectivity index (χ0n) is 7.72. The summed E-state index contributed by atoms with van der Waals surface area (Å²) in [6, 6.07) is 1.55. The first-order chi connectivity index (χ1) is 7.02. The van der Waals surface area contributed by atoms with Crippen LogP contribution >= 0.6 is 34.8 Å². The molecule has 0 spiro atoms. The number of halogens is 3. The third-order valence-corrected chi connectivity index (χ3v) is 3.50. The van der Waals surface area contributed by atoms with Crippen LogP contribution in [0.5, 0.6) is 0 Å². The molecule has 15 heavy (non-hydrogen) atoms. The van der Waals surface area contributed by atoms with E-state index in [1.807, 2.05) is 0 Å². The minimum absolute atomic E-state index is 0.0800. The monoisotopic (exact) mass is 261 g/mol. The highest BCUT2D eigenvalue weighted by atomic mass is 35.5. The van der Waals surface area contributed by atoms with Gasteiger partial charge in [-0.3, -0.25) is 9.79 Å². The molecule has 0 amide bonds. The van der Waals surface area contributed by atoms with Gasteiger partial charge in [-0.25, -0.2) is 0 Å². The summed E-state index contributed by atoms with van der Waals surface area (Å²) in [4.78, 5) is 15.9. The van der Waals surface area contributed by atoms with E-state index in [2.05, 4.69) is 4.99 Å². The molecule has 0 radical (unpaired) electrons. The highest BCUT2D eigenvalue weighted by Gasteiger charge is 2.26. The summed E-state index contributed by atoms with van der Waals surface area (Å²) in [6.45, 7) is 1.76. The average molecular weight is 263 g/mol. The summed E-state index contributed by atoms with van der Waals surface area (Å²) in [5.41, 5.74) is 0.846. The van der Waals surface area contributed by atoms with Crippen LogP contribution in [0.25, 0.3) is 0 Å². The Morgan fingerprint density at radius 3 is 2.60 bits per heavy atom. The summed E-state index contributed by atoms with van der Waals surface area (Å²) in [5, 5.41) is 0.697. The number of hydrogen-bond donors (Lipinski definition) is 0. The normalized spacial score (nSPS) is 19.2. The number of carbonyl (C=O) groups is 1. The molecule has 0 saturated heterocycles. The number of aliphatic imine (C=N–C) groups is 1. The Morgan fingerprint density at radius 2 is 1.93 bits per heavy atom. The zero-order valence-corrected chi connectivity index (χ0v) is 9.99. The number of nitrogens with zero attached hydrogens (tertiary/aromatic N) is 1. The van der Waals surface area contributed by atoms with E-state index in [4.69, 9.17) is 34.8 Å². The fourth-order valence-corrected chi connectivity index (χ4v) is 2.09. The molecule has 1 atom stereocenters. The van der Waals surface area contributed by atoms with E-state index in [0.717, 1.165) is 0 Å². The highest BCUT2D eigenvalue weighted by Crippen LogP contribution is 2.41. The van der Waals surface area contributed by atoms with Crippen LogP contribution in [-0.4, -0.2) is 12.0 Å². The molecule has 0 N–H and O–H groups in total. The maximum atomic E-state index is 11.8. The van der Waals surface area contributed by atoms with Crippen molar-refractivity contribution in [2.75, 3.05) is 0 Å².